The molecule has 0 saturated carbocycles. The molecule has 9 heavy (non-hydrogen) atoms. The van der Waals surface area contributed by atoms with Gasteiger partial charge in [0.25, 0.3) is 0 Å². The Morgan fingerprint density at radius 1 is 1.78 bits per heavy atom. The number of carbonyl (C=O) groups is 1. The average Bonchev–Trinajstić information content (AvgIpc) is 1.80. The molecule has 2 heteroatoms. The van der Waals surface area contributed by atoms with Gasteiger partial charge in [0.05, 0.1) is 0 Å². The smallest absolute Gasteiger partial charge is 0.226 e. The van der Waals surface area contributed by atoms with Gasteiger partial charge in [0.15, 0.2) is 0 Å². The normalized spacial score (nSPS) is 27.9. The van der Waals surface area contributed by atoms with E-state index in [0.29, 0.717) is 0 Å². The van der Waals surface area contributed by atoms with E-state index in [1.807, 2.05) is 6.92 Å². The Kier molecular flexibility index (Phi) is 1.56. The predicted molar refractivity (Wildman–Crippen MR) is 35.7 cm³/mol. The summed E-state index contributed by atoms with van der Waals surface area (Å²) in [5, 5.41) is 2.70. The van der Waals surface area contributed by atoms with Gasteiger partial charge in [-0.25, -0.2) is 0 Å². The number of rotatable bonds is 0. The molecule has 1 fully saturated rings. The molecule has 0 aromatic rings. The van der Waals surface area contributed by atoms with Gasteiger partial charge >= 0.3 is 0 Å². The minimum Gasteiger partial charge on any atom is -0.330 e. The Bertz CT molecular complexity index is 151. The van der Waals surface area contributed by atoms with E-state index < -0.39 is 0 Å². The van der Waals surface area contributed by atoms with E-state index in [1.165, 1.54) is 0 Å². The second-order valence-corrected chi connectivity index (χ2v) is 2.53. The maximum atomic E-state index is 10.8. The molecule has 0 spiro atoms. The molecular weight excluding hydrogens is 114 g/mol. The van der Waals surface area contributed by atoms with Crippen LogP contribution in [0.15, 0.2) is 12.3 Å². The number of piperidine rings is 1. The highest BCUT2D eigenvalue weighted by atomic mass is 16.1. The van der Waals surface area contributed by atoms with Crippen molar-refractivity contribution in [3.63, 3.8) is 0 Å². The number of hydrogen-bond acceptors (Lipinski definition) is 1. The molecule has 0 bridgehead atoms. The van der Waals surface area contributed by atoms with Crippen LogP contribution in [0.1, 0.15) is 19.8 Å². The van der Waals surface area contributed by atoms with Crippen LogP contribution in [0, 0.1) is 5.92 Å². The first kappa shape index (κ1) is 6.33. The largest absolute Gasteiger partial charge is 0.330 e. The molecular formula is C7H11NO. The lowest BCUT2D eigenvalue weighted by atomic mass is 9.99. The molecule has 1 aliphatic rings. The highest BCUT2D eigenvalue weighted by molar-refractivity contribution is 5.80. The molecule has 0 unspecified atom stereocenters. The topological polar surface area (TPSA) is 29.1 Å². The van der Waals surface area contributed by atoms with Gasteiger partial charge in [0.2, 0.25) is 5.91 Å². The van der Waals surface area contributed by atoms with Gasteiger partial charge < -0.3 is 5.32 Å². The Balaban J connectivity index is 2.54. The van der Waals surface area contributed by atoms with Crippen LogP contribution in [0.5, 0.6) is 0 Å². The lowest BCUT2D eigenvalue weighted by molar-refractivity contribution is -0.124. The minimum absolute atomic E-state index is 0.117. The monoisotopic (exact) mass is 125 g/mol. The van der Waals surface area contributed by atoms with Crippen molar-refractivity contribution in [2.45, 2.75) is 19.8 Å². The number of hydrogen-bond donors (Lipinski definition) is 1. The first-order valence-electron chi connectivity index (χ1n) is 3.19. The van der Waals surface area contributed by atoms with Gasteiger partial charge in [-0.1, -0.05) is 13.5 Å². The van der Waals surface area contributed by atoms with E-state index in [4.69, 9.17) is 0 Å². The highest BCUT2D eigenvalue weighted by Crippen LogP contribution is 2.14. The molecule has 1 heterocycles. The first-order valence-corrected chi connectivity index (χ1v) is 3.19. The zero-order valence-corrected chi connectivity index (χ0v) is 5.61. The summed E-state index contributed by atoms with van der Waals surface area (Å²) in [6.07, 6.45) is 1.89. The molecule has 1 aliphatic heterocycles. The molecule has 2 nitrogen and oxygen atoms in total. The van der Waals surface area contributed by atoms with E-state index in [9.17, 15) is 4.79 Å². The van der Waals surface area contributed by atoms with Gasteiger partial charge in [-0.3, -0.25) is 4.79 Å². The fraction of sp³-hybridized carbons (Fsp3) is 0.571. The Labute approximate surface area is 54.9 Å². The van der Waals surface area contributed by atoms with Crippen LogP contribution >= 0.6 is 0 Å². The van der Waals surface area contributed by atoms with Crippen molar-refractivity contribution in [1.82, 2.24) is 5.32 Å². The lowest BCUT2D eigenvalue weighted by Gasteiger charge is -2.19. The van der Waals surface area contributed by atoms with Crippen molar-refractivity contribution in [1.29, 1.82) is 0 Å². The summed E-state index contributed by atoms with van der Waals surface area (Å²) in [5.41, 5.74) is 0.859. The van der Waals surface area contributed by atoms with Crippen molar-refractivity contribution in [2.75, 3.05) is 0 Å². The maximum absolute atomic E-state index is 10.8. The van der Waals surface area contributed by atoms with Crippen molar-refractivity contribution in [3.8, 4) is 0 Å². The first-order chi connectivity index (χ1) is 4.20. The second-order valence-electron chi connectivity index (χ2n) is 2.53. The van der Waals surface area contributed by atoms with Crippen molar-refractivity contribution in [2.24, 2.45) is 5.92 Å². The van der Waals surface area contributed by atoms with Crippen LogP contribution in [-0.4, -0.2) is 5.91 Å². The van der Waals surface area contributed by atoms with E-state index in [2.05, 4.69) is 11.9 Å². The molecule has 50 valence electrons. The Morgan fingerprint density at radius 2 is 2.44 bits per heavy atom. The number of allylic oxidation sites excluding steroid dienone is 1. The third-order valence-corrected chi connectivity index (χ3v) is 1.63. The predicted octanol–water partition coefficient (Wildman–Crippen LogP) is 1.05. The summed E-state index contributed by atoms with van der Waals surface area (Å²) in [7, 11) is 0. The van der Waals surface area contributed by atoms with Crippen molar-refractivity contribution in [3.05, 3.63) is 12.3 Å². The molecule has 1 amide bonds. The zero-order chi connectivity index (χ0) is 6.85. The molecule has 1 atom stereocenters. The zero-order valence-electron chi connectivity index (χ0n) is 5.61. The molecule has 1 saturated heterocycles. The quantitative estimate of drug-likeness (QED) is 0.515. The van der Waals surface area contributed by atoms with Crippen LogP contribution < -0.4 is 5.32 Å². The van der Waals surface area contributed by atoms with Gasteiger partial charge in [0.1, 0.15) is 0 Å². The molecule has 0 aromatic carbocycles. The third-order valence-electron chi connectivity index (χ3n) is 1.63. The number of carbonyl (C=O) groups excluding carboxylic acids is 1. The number of nitrogens with one attached hydrogen (secondary N) is 1. The highest BCUT2D eigenvalue weighted by Gasteiger charge is 2.18. The van der Waals surface area contributed by atoms with Crippen molar-refractivity contribution < 1.29 is 4.79 Å². The molecule has 1 rings (SSSR count). The number of amides is 1. The Hall–Kier alpha value is -0.790. The summed E-state index contributed by atoms with van der Waals surface area (Å²) in [6, 6.07) is 0. The fourth-order valence-corrected chi connectivity index (χ4v) is 0.882. The van der Waals surface area contributed by atoms with E-state index in [1.54, 1.807) is 0 Å². The molecule has 1 N–H and O–H groups in total. The average molecular weight is 125 g/mol. The van der Waals surface area contributed by atoms with E-state index in [0.717, 1.165) is 18.5 Å². The van der Waals surface area contributed by atoms with E-state index in [-0.39, 0.29) is 11.8 Å². The summed E-state index contributed by atoms with van der Waals surface area (Å²) in [5.74, 6) is 0.293. The summed E-state index contributed by atoms with van der Waals surface area (Å²) in [6.45, 7) is 5.60. The standard InChI is InChI=1S/C7H11NO/c1-5-3-4-6(2)8-7(5)9/h5H,2-4H2,1H3,(H,8,9)/t5-/m0/s1. The lowest BCUT2D eigenvalue weighted by Crippen LogP contribution is -2.32. The van der Waals surface area contributed by atoms with Crippen molar-refractivity contribution >= 4 is 5.91 Å². The van der Waals surface area contributed by atoms with Crippen LogP contribution in [-0.2, 0) is 4.79 Å². The van der Waals surface area contributed by atoms with Crippen LogP contribution in [0.25, 0.3) is 0 Å². The van der Waals surface area contributed by atoms with Crippen LogP contribution in [0.3, 0.4) is 0 Å². The molecule has 0 aliphatic carbocycles. The van der Waals surface area contributed by atoms with Gasteiger partial charge in [0, 0.05) is 11.6 Å². The summed E-state index contributed by atoms with van der Waals surface area (Å²) < 4.78 is 0. The van der Waals surface area contributed by atoms with E-state index >= 15 is 0 Å². The fourth-order valence-electron chi connectivity index (χ4n) is 0.882. The minimum atomic E-state index is 0.117. The summed E-state index contributed by atoms with van der Waals surface area (Å²) >= 11 is 0. The molecule has 0 aromatic heterocycles. The second kappa shape index (κ2) is 2.21. The van der Waals surface area contributed by atoms with Gasteiger partial charge in [-0.15, -0.1) is 0 Å². The maximum Gasteiger partial charge on any atom is 0.226 e. The van der Waals surface area contributed by atoms with Gasteiger partial charge in [-0.2, -0.15) is 0 Å². The Morgan fingerprint density at radius 3 is 2.89 bits per heavy atom. The van der Waals surface area contributed by atoms with Crippen LogP contribution in [0.2, 0.25) is 0 Å². The third kappa shape index (κ3) is 1.31. The SMILES string of the molecule is C=C1CC[C@H](C)C(=O)N1. The van der Waals surface area contributed by atoms with Gasteiger partial charge in [-0.05, 0) is 12.8 Å². The van der Waals surface area contributed by atoms with Crippen LogP contribution in [0.4, 0.5) is 0 Å². The summed E-state index contributed by atoms with van der Waals surface area (Å²) in [4.78, 5) is 10.8. The molecule has 0 radical (unpaired) electrons.